The summed E-state index contributed by atoms with van der Waals surface area (Å²) < 4.78 is 32.8. The second-order valence-corrected chi connectivity index (χ2v) is 5.29. The molecule has 3 N–H and O–H groups in total. The predicted octanol–water partition coefficient (Wildman–Crippen LogP) is 2.65. The van der Waals surface area contributed by atoms with Gasteiger partial charge in [0.15, 0.2) is 0 Å². The van der Waals surface area contributed by atoms with Gasteiger partial charge in [0.05, 0.1) is 0 Å². The first-order valence-electron chi connectivity index (χ1n) is 5.94. The fourth-order valence-corrected chi connectivity index (χ4v) is 2.28. The van der Waals surface area contributed by atoms with E-state index >= 15 is 0 Å². The lowest BCUT2D eigenvalue weighted by Gasteiger charge is -2.26. The smallest absolute Gasteiger partial charge is 0.475 e. The normalized spacial score (nSPS) is 15.2. The third-order valence-corrected chi connectivity index (χ3v) is 3.64. The van der Waals surface area contributed by atoms with Gasteiger partial charge >= 0.3 is 12.1 Å². The standard InChI is InChI=1S/C10H10BrN3.C2HF3O2/c11-8-3-1-2-7-9(6-4-12-5-6)13-14-10(7)8;3-2(4,5)1(6)7/h1-3,6,12H,4-5H2,(H,13,14);(H,6,7). The maximum absolute atomic E-state index is 10.6. The van der Waals surface area contributed by atoms with Gasteiger partial charge in [0, 0.05) is 34.6 Å². The molecule has 2 heterocycles. The highest BCUT2D eigenvalue weighted by atomic mass is 79.9. The zero-order chi connectivity index (χ0) is 15.6. The van der Waals surface area contributed by atoms with E-state index in [0.29, 0.717) is 5.92 Å². The Morgan fingerprint density at radius 2 is 2.00 bits per heavy atom. The van der Waals surface area contributed by atoms with Crippen molar-refractivity contribution in [2.75, 3.05) is 13.1 Å². The molecule has 21 heavy (non-hydrogen) atoms. The minimum absolute atomic E-state index is 0.606. The van der Waals surface area contributed by atoms with Crippen molar-refractivity contribution in [3.8, 4) is 0 Å². The molecule has 1 aliphatic rings. The van der Waals surface area contributed by atoms with Crippen molar-refractivity contribution in [3.05, 3.63) is 28.4 Å². The quantitative estimate of drug-likeness (QED) is 0.725. The fraction of sp³-hybridized carbons (Fsp3) is 0.333. The van der Waals surface area contributed by atoms with Gasteiger partial charge in [-0.1, -0.05) is 12.1 Å². The molecule has 1 aliphatic heterocycles. The number of aromatic amines is 1. The van der Waals surface area contributed by atoms with E-state index in [2.05, 4.69) is 43.6 Å². The van der Waals surface area contributed by atoms with Crippen LogP contribution in [0.5, 0.6) is 0 Å². The van der Waals surface area contributed by atoms with Crippen molar-refractivity contribution < 1.29 is 23.1 Å². The summed E-state index contributed by atoms with van der Waals surface area (Å²) in [7, 11) is 0. The van der Waals surface area contributed by atoms with Crippen molar-refractivity contribution in [3.63, 3.8) is 0 Å². The van der Waals surface area contributed by atoms with Gasteiger partial charge in [-0.2, -0.15) is 18.3 Å². The maximum Gasteiger partial charge on any atom is 0.490 e. The van der Waals surface area contributed by atoms with Crippen molar-refractivity contribution in [1.82, 2.24) is 15.5 Å². The molecule has 0 aliphatic carbocycles. The molecule has 0 unspecified atom stereocenters. The number of carbonyl (C=O) groups is 1. The Balaban J connectivity index is 0.000000199. The van der Waals surface area contributed by atoms with Crippen LogP contribution in [0.4, 0.5) is 13.2 Å². The molecule has 0 radical (unpaired) electrons. The number of fused-ring (bicyclic) bond motifs is 1. The zero-order valence-corrected chi connectivity index (χ0v) is 12.1. The van der Waals surface area contributed by atoms with Gasteiger partial charge < -0.3 is 10.4 Å². The number of carboxylic acids is 1. The topological polar surface area (TPSA) is 78.0 Å². The number of para-hydroxylation sites is 1. The van der Waals surface area contributed by atoms with Crippen molar-refractivity contribution in [2.24, 2.45) is 0 Å². The van der Waals surface area contributed by atoms with Gasteiger partial charge in [0.1, 0.15) is 5.52 Å². The lowest BCUT2D eigenvalue weighted by Crippen LogP contribution is -2.40. The molecule has 9 heteroatoms. The minimum Gasteiger partial charge on any atom is -0.475 e. The number of hydrogen-bond donors (Lipinski definition) is 3. The number of nitrogens with zero attached hydrogens (tertiary/aromatic N) is 1. The Hall–Kier alpha value is -1.61. The van der Waals surface area contributed by atoms with Gasteiger partial charge in [-0.25, -0.2) is 4.79 Å². The number of halogens is 4. The molecule has 2 aromatic rings. The van der Waals surface area contributed by atoms with Crippen molar-refractivity contribution in [2.45, 2.75) is 12.1 Å². The average Bonchev–Trinajstić information content (AvgIpc) is 2.72. The van der Waals surface area contributed by atoms with Gasteiger partial charge in [-0.3, -0.25) is 5.10 Å². The first-order valence-corrected chi connectivity index (χ1v) is 6.73. The van der Waals surface area contributed by atoms with Gasteiger partial charge in [-0.05, 0) is 22.0 Å². The molecular weight excluding hydrogens is 355 g/mol. The van der Waals surface area contributed by atoms with E-state index in [-0.39, 0.29) is 0 Å². The predicted molar refractivity (Wildman–Crippen MR) is 73.1 cm³/mol. The SMILES string of the molecule is Brc1cccc2c(C3CNC3)[nH]nc12.O=C(O)C(F)(F)F. The molecule has 1 aromatic heterocycles. The molecule has 0 atom stereocenters. The van der Waals surface area contributed by atoms with Gasteiger partial charge in [0.2, 0.25) is 0 Å². The number of nitrogens with one attached hydrogen (secondary N) is 2. The summed E-state index contributed by atoms with van der Waals surface area (Å²) in [5, 5.41) is 19.1. The van der Waals surface area contributed by atoms with Crippen LogP contribution in [0.25, 0.3) is 10.9 Å². The summed E-state index contributed by atoms with van der Waals surface area (Å²) in [5.41, 5.74) is 2.30. The molecule has 0 saturated carbocycles. The molecule has 0 bridgehead atoms. The number of carboxylic acid groups (broad SMARTS) is 1. The maximum atomic E-state index is 10.6. The minimum atomic E-state index is -5.08. The van der Waals surface area contributed by atoms with E-state index < -0.39 is 12.1 Å². The van der Waals surface area contributed by atoms with Crippen LogP contribution < -0.4 is 5.32 Å². The second-order valence-electron chi connectivity index (χ2n) is 4.43. The molecular formula is C12H11BrF3N3O2. The van der Waals surface area contributed by atoms with Crippen LogP contribution in [-0.2, 0) is 4.79 Å². The van der Waals surface area contributed by atoms with E-state index in [1.807, 2.05) is 6.07 Å². The molecule has 1 fully saturated rings. The number of rotatable bonds is 1. The van der Waals surface area contributed by atoms with Crippen LogP contribution in [0.15, 0.2) is 22.7 Å². The Morgan fingerprint density at radius 3 is 2.48 bits per heavy atom. The highest BCUT2D eigenvalue weighted by molar-refractivity contribution is 9.10. The first kappa shape index (κ1) is 15.8. The molecule has 0 spiro atoms. The lowest BCUT2D eigenvalue weighted by atomic mass is 9.97. The summed E-state index contributed by atoms with van der Waals surface area (Å²) in [6.07, 6.45) is -5.08. The van der Waals surface area contributed by atoms with E-state index in [1.165, 1.54) is 11.1 Å². The second kappa shape index (κ2) is 6.02. The molecule has 114 valence electrons. The van der Waals surface area contributed by atoms with Crippen LogP contribution in [0, 0.1) is 0 Å². The highest BCUT2D eigenvalue weighted by Gasteiger charge is 2.38. The Kier molecular flexibility index (Phi) is 4.52. The van der Waals surface area contributed by atoms with Gasteiger partial charge in [-0.15, -0.1) is 0 Å². The average molecular weight is 366 g/mol. The Morgan fingerprint density at radius 1 is 1.38 bits per heavy atom. The summed E-state index contributed by atoms with van der Waals surface area (Å²) in [6.45, 7) is 2.12. The Labute approximate surface area is 125 Å². The summed E-state index contributed by atoms with van der Waals surface area (Å²) >= 11 is 3.50. The van der Waals surface area contributed by atoms with Crippen LogP contribution in [0.2, 0.25) is 0 Å². The van der Waals surface area contributed by atoms with Crippen molar-refractivity contribution in [1.29, 1.82) is 0 Å². The van der Waals surface area contributed by atoms with Crippen LogP contribution >= 0.6 is 15.9 Å². The number of aliphatic carboxylic acids is 1. The molecule has 0 amide bonds. The van der Waals surface area contributed by atoms with Crippen LogP contribution in [-0.4, -0.2) is 40.5 Å². The number of alkyl halides is 3. The third-order valence-electron chi connectivity index (χ3n) is 3.00. The van der Waals surface area contributed by atoms with Crippen LogP contribution in [0.1, 0.15) is 11.6 Å². The largest absolute Gasteiger partial charge is 0.490 e. The first-order chi connectivity index (χ1) is 9.80. The molecule has 3 rings (SSSR count). The van der Waals surface area contributed by atoms with Crippen LogP contribution in [0.3, 0.4) is 0 Å². The third kappa shape index (κ3) is 3.53. The number of H-pyrrole nitrogens is 1. The lowest BCUT2D eigenvalue weighted by molar-refractivity contribution is -0.192. The van der Waals surface area contributed by atoms with E-state index in [4.69, 9.17) is 9.90 Å². The summed E-state index contributed by atoms with van der Waals surface area (Å²) in [6, 6.07) is 6.20. The van der Waals surface area contributed by atoms with Gasteiger partial charge in [0.25, 0.3) is 0 Å². The number of benzene rings is 1. The number of aromatic nitrogens is 2. The monoisotopic (exact) mass is 365 g/mol. The molecule has 1 aromatic carbocycles. The number of hydrogen-bond acceptors (Lipinski definition) is 3. The summed E-state index contributed by atoms with van der Waals surface area (Å²) in [5.74, 6) is -2.15. The Bertz CT molecular complexity index is 653. The van der Waals surface area contributed by atoms with Crippen molar-refractivity contribution >= 4 is 32.8 Å². The summed E-state index contributed by atoms with van der Waals surface area (Å²) in [4.78, 5) is 8.90. The van der Waals surface area contributed by atoms with E-state index in [1.54, 1.807) is 0 Å². The molecule has 1 saturated heterocycles. The fourth-order valence-electron chi connectivity index (χ4n) is 1.83. The van der Waals surface area contributed by atoms with E-state index in [9.17, 15) is 13.2 Å². The zero-order valence-electron chi connectivity index (χ0n) is 10.5. The molecule has 5 nitrogen and oxygen atoms in total. The van der Waals surface area contributed by atoms with E-state index in [0.717, 1.165) is 23.1 Å². The highest BCUT2D eigenvalue weighted by Crippen LogP contribution is 2.29.